The van der Waals surface area contributed by atoms with Crippen LogP contribution < -0.4 is 14.9 Å². The van der Waals surface area contributed by atoms with Crippen LogP contribution in [0.3, 0.4) is 0 Å². The van der Waals surface area contributed by atoms with Crippen LogP contribution in [0, 0.1) is 13.8 Å². The summed E-state index contributed by atoms with van der Waals surface area (Å²) in [5.74, 6) is 1.03. The van der Waals surface area contributed by atoms with Gasteiger partial charge in [-0.25, -0.2) is 10.4 Å². The molecule has 0 spiro atoms. The largest absolute Gasteiger partial charge is 0.490 e. The number of nitrogens with one attached hydrogen (secondary N) is 1. The Morgan fingerprint density at radius 1 is 1.14 bits per heavy atom. The molecule has 3 rings (SSSR count). The first kappa shape index (κ1) is 20.5. The zero-order chi connectivity index (χ0) is 20.6. The number of carbonyl (C=O) groups is 1. The molecule has 1 heterocycles. The minimum atomic E-state index is -0.266. The van der Waals surface area contributed by atoms with Gasteiger partial charge in [0.25, 0.3) is 5.91 Å². The Kier molecular flexibility index (Phi) is 6.97. The van der Waals surface area contributed by atoms with Crippen LogP contribution in [-0.2, 0) is 6.61 Å². The zero-order valence-electron chi connectivity index (χ0n) is 16.6. The van der Waals surface area contributed by atoms with Gasteiger partial charge in [0, 0.05) is 0 Å². The number of nitrogens with zero attached hydrogens (tertiary/aromatic N) is 2. The lowest BCUT2D eigenvalue weighted by Gasteiger charge is -2.12. The van der Waals surface area contributed by atoms with Crippen LogP contribution in [0.15, 0.2) is 53.6 Å². The molecule has 0 saturated heterocycles. The summed E-state index contributed by atoms with van der Waals surface area (Å²) < 4.78 is 11.6. The predicted molar refractivity (Wildman–Crippen MR) is 115 cm³/mol. The first-order valence-electron chi connectivity index (χ1n) is 9.28. The summed E-state index contributed by atoms with van der Waals surface area (Å²) in [6, 6.07) is 15.5. The molecule has 150 valence electrons. The van der Waals surface area contributed by atoms with Crippen LogP contribution in [0.4, 0.5) is 0 Å². The summed E-state index contributed by atoms with van der Waals surface area (Å²) in [5, 5.41) is 4.90. The van der Waals surface area contributed by atoms with Gasteiger partial charge >= 0.3 is 0 Å². The number of hydrogen-bond acceptors (Lipinski definition) is 6. The van der Waals surface area contributed by atoms with E-state index in [1.54, 1.807) is 6.21 Å². The van der Waals surface area contributed by atoms with Gasteiger partial charge in [0.15, 0.2) is 11.5 Å². The van der Waals surface area contributed by atoms with Crippen molar-refractivity contribution in [2.45, 2.75) is 27.4 Å². The number of hydrazone groups is 1. The summed E-state index contributed by atoms with van der Waals surface area (Å²) in [6.45, 7) is 6.57. The van der Waals surface area contributed by atoms with E-state index in [1.165, 1.54) is 11.3 Å². The molecule has 0 aliphatic heterocycles. The van der Waals surface area contributed by atoms with Gasteiger partial charge in [-0.1, -0.05) is 30.3 Å². The highest BCUT2D eigenvalue weighted by Crippen LogP contribution is 2.29. The molecule has 7 heteroatoms. The summed E-state index contributed by atoms with van der Waals surface area (Å²) >= 11 is 1.35. The van der Waals surface area contributed by atoms with E-state index >= 15 is 0 Å². The van der Waals surface area contributed by atoms with E-state index in [4.69, 9.17) is 9.47 Å². The lowest BCUT2D eigenvalue weighted by Crippen LogP contribution is -2.17. The lowest BCUT2D eigenvalue weighted by atomic mass is 10.2. The number of carbonyl (C=O) groups excluding carboxylic acids is 1. The molecule has 0 fully saturated rings. The van der Waals surface area contributed by atoms with E-state index in [0.717, 1.165) is 16.1 Å². The van der Waals surface area contributed by atoms with E-state index in [9.17, 15) is 4.79 Å². The molecule has 6 nitrogen and oxygen atoms in total. The van der Waals surface area contributed by atoms with Crippen molar-refractivity contribution in [3.05, 3.63) is 75.2 Å². The Morgan fingerprint density at radius 2 is 1.93 bits per heavy atom. The Labute approximate surface area is 174 Å². The average Bonchev–Trinajstić information content (AvgIpc) is 3.06. The molecule has 0 atom stereocenters. The Morgan fingerprint density at radius 3 is 2.62 bits per heavy atom. The third kappa shape index (κ3) is 5.65. The fourth-order valence-electron chi connectivity index (χ4n) is 2.69. The second kappa shape index (κ2) is 9.84. The molecule has 0 radical (unpaired) electrons. The average molecular weight is 410 g/mol. The number of thiazole rings is 1. The fraction of sp³-hybridized carbons (Fsp3) is 0.227. The van der Waals surface area contributed by atoms with Crippen molar-refractivity contribution in [3.63, 3.8) is 0 Å². The summed E-state index contributed by atoms with van der Waals surface area (Å²) in [4.78, 5) is 17.0. The molecule has 0 unspecified atom stereocenters. The fourth-order valence-corrected chi connectivity index (χ4v) is 3.50. The molecule has 0 aliphatic rings. The van der Waals surface area contributed by atoms with Gasteiger partial charge in [-0.05, 0) is 50.1 Å². The van der Waals surface area contributed by atoms with Gasteiger partial charge in [-0.2, -0.15) is 5.10 Å². The van der Waals surface area contributed by atoms with Crippen molar-refractivity contribution in [1.29, 1.82) is 0 Å². The number of aromatic nitrogens is 1. The molecule has 29 heavy (non-hydrogen) atoms. The second-order valence-corrected chi connectivity index (χ2v) is 7.46. The molecule has 2 aromatic carbocycles. The third-order valence-corrected chi connectivity index (χ3v) is 5.07. The van der Waals surface area contributed by atoms with Gasteiger partial charge in [0.05, 0.1) is 23.5 Å². The van der Waals surface area contributed by atoms with Gasteiger partial charge in [-0.3, -0.25) is 4.79 Å². The summed E-state index contributed by atoms with van der Waals surface area (Å²) in [7, 11) is 0. The van der Waals surface area contributed by atoms with E-state index < -0.39 is 0 Å². The second-order valence-electron chi connectivity index (χ2n) is 6.26. The zero-order valence-corrected chi connectivity index (χ0v) is 17.5. The number of amides is 1. The van der Waals surface area contributed by atoms with Crippen LogP contribution in [0.1, 0.15) is 38.4 Å². The molecular weight excluding hydrogens is 386 g/mol. The number of benzene rings is 2. The maximum atomic E-state index is 12.2. The number of hydrogen-bond donors (Lipinski definition) is 1. The molecule has 0 bridgehead atoms. The highest BCUT2D eigenvalue weighted by molar-refractivity contribution is 7.13. The van der Waals surface area contributed by atoms with Crippen molar-refractivity contribution in [2.75, 3.05) is 6.61 Å². The standard InChI is InChI=1S/C22H23N3O3S/c1-4-27-20-12-18(10-11-19(20)28-14-17-8-6-5-7-9-17)13-23-25-22(26)21-15(2)24-16(3)29-21/h5-13H,4,14H2,1-3H3,(H,25,26)/b23-13+. The molecule has 1 aromatic heterocycles. The van der Waals surface area contributed by atoms with Crippen LogP contribution in [0.5, 0.6) is 11.5 Å². The van der Waals surface area contributed by atoms with Crippen LogP contribution in [-0.4, -0.2) is 23.7 Å². The first-order chi connectivity index (χ1) is 14.1. The normalized spacial score (nSPS) is 10.9. The summed E-state index contributed by atoms with van der Waals surface area (Å²) in [5.41, 5.74) is 5.12. The quantitative estimate of drug-likeness (QED) is 0.439. The monoisotopic (exact) mass is 409 g/mol. The lowest BCUT2D eigenvalue weighted by molar-refractivity contribution is 0.0958. The Balaban J connectivity index is 1.66. The smallest absolute Gasteiger partial charge is 0.283 e. The molecular formula is C22H23N3O3S. The molecule has 1 amide bonds. The van der Waals surface area contributed by atoms with E-state index in [1.807, 2.05) is 69.3 Å². The van der Waals surface area contributed by atoms with Gasteiger partial charge in [-0.15, -0.1) is 11.3 Å². The van der Waals surface area contributed by atoms with Crippen molar-refractivity contribution in [3.8, 4) is 11.5 Å². The van der Waals surface area contributed by atoms with Crippen LogP contribution >= 0.6 is 11.3 Å². The maximum absolute atomic E-state index is 12.2. The number of aryl methyl sites for hydroxylation is 2. The SMILES string of the molecule is CCOc1cc(/C=N/NC(=O)c2sc(C)nc2C)ccc1OCc1ccccc1. The topological polar surface area (TPSA) is 72.8 Å². The Hall–Kier alpha value is -3.19. The molecule has 0 aliphatic carbocycles. The minimum Gasteiger partial charge on any atom is -0.490 e. The molecule has 3 aromatic rings. The van der Waals surface area contributed by atoms with Crippen LogP contribution in [0.2, 0.25) is 0 Å². The van der Waals surface area contributed by atoms with Crippen molar-refractivity contribution in [1.82, 2.24) is 10.4 Å². The third-order valence-electron chi connectivity index (χ3n) is 3.99. The van der Waals surface area contributed by atoms with Crippen molar-refractivity contribution < 1.29 is 14.3 Å². The number of ether oxygens (including phenoxy) is 2. The molecule has 1 N–H and O–H groups in total. The van der Waals surface area contributed by atoms with Gasteiger partial charge < -0.3 is 9.47 Å². The van der Waals surface area contributed by atoms with Gasteiger partial charge in [0.1, 0.15) is 11.5 Å². The molecule has 0 saturated carbocycles. The van der Waals surface area contributed by atoms with E-state index in [-0.39, 0.29) is 5.91 Å². The minimum absolute atomic E-state index is 0.266. The maximum Gasteiger partial charge on any atom is 0.283 e. The highest BCUT2D eigenvalue weighted by atomic mass is 32.1. The Bertz CT molecular complexity index is 1000. The number of rotatable bonds is 8. The first-order valence-corrected chi connectivity index (χ1v) is 10.1. The summed E-state index contributed by atoms with van der Waals surface area (Å²) in [6.07, 6.45) is 1.57. The predicted octanol–water partition coefficient (Wildman–Crippen LogP) is 4.50. The van der Waals surface area contributed by atoms with Crippen LogP contribution in [0.25, 0.3) is 0 Å². The van der Waals surface area contributed by atoms with E-state index in [0.29, 0.717) is 35.3 Å². The van der Waals surface area contributed by atoms with Crippen molar-refractivity contribution >= 4 is 23.5 Å². The van der Waals surface area contributed by atoms with E-state index in [2.05, 4.69) is 15.5 Å². The van der Waals surface area contributed by atoms with Crippen molar-refractivity contribution in [2.24, 2.45) is 5.10 Å². The highest BCUT2D eigenvalue weighted by Gasteiger charge is 2.13. The van der Waals surface area contributed by atoms with Gasteiger partial charge in [0.2, 0.25) is 0 Å².